The minimum Gasteiger partial charge on any atom is -0.455 e. The third kappa shape index (κ3) is 9.34. The van der Waals surface area contributed by atoms with E-state index in [1.54, 1.807) is 71.3 Å². The summed E-state index contributed by atoms with van der Waals surface area (Å²) in [6, 6.07) is 14.7. The van der Waals surface area contributed by atoms with Crippen LogP contribution < -0.4 is 5.32 Å². The molecule has 3 amide bonds. The summed E-state index contributed by atoms with van der Waals surface area (Å²) in [4.78, 5) is 59.9. The minimum atomic E-state index is -0.872. The Kier molecular flexibility index (Phi) is 10.6. The van der Waals surface area contributed by atoms with Gasteiger partial charge < -0.3 is 24.5 Å². The molecule has 0 fully saturated rings. The number of anilines is 1. The fourth-order valence-electron chi connectivity index (χ4n) is 5.04. The number of para-hydroxylation sites is 1. The number of nitrogens with zero attached hydrogens (tertiary/aromatic N) is 4. The van der Waals surface area contributed by atoms with Gasteiger partial charge in [-0.15, -0.1) is 0 Å². The summed E-state index contributed by atoms with van der Waals surface area (Å²) < 4.78 is 18.0. The lowest BCUT2D eigenvalue weighted by atomic mass is 10.1. The van der Waals surface area contributed by atoms with E-state index in [0.717, 1.165) is 21.7 Å². The molecule has 2 N–H and O–H groups in total. The van der Waals surface area contributed by atoms with Crippen LogP contribution in [0, 0.1) is 20.8 Å². The van der Waals surface area contributed by atoms with Gasteiger partial charge >= 0.3 is 18.2 Å². The maximum absolute atomic E-state index is 13.0. The van der Waals surface area contributed by atoms with E-state index in [4.69, 9.17) is 14.2 Å². The summed E-state index contributed by atoms with van der Waals surface area (Å²) >= 11 is 0. The molecular weight excluding hydrogens is 628 g/mol. The van der Waals surface area contributed by atoms with E-state index in [2.05, 4.69) is 20.4 Å². The van der Waals surface area contributed by atoms with Crippen LogP contribution in [-0.2, 0) is 30.2 Å². The zero-order valence-electron chi connectivity index (χ0n) is 29.7. The van der Waals surface area contributed by atoms with Gasteiger partial charge in [-0.25, -0.2) is 14.3 Å². The first kappa shape index (κ1) is 36.4. The lowest BCUT2D eigenvalue weighted by Crippen LogP contribution is -2.39. The van der Waals surface area contributed by atoms with Crippen LogP contribution in [0.2, 0.25) is 0 Å². The monoisotopic (exact) mass is 672 g/mol. The molecule has 4 rings (SSSR count). The smallest absolute Gasteiger partial charge is 0.436 e. The highest BCUT2D eigenvalue weighted by atomic mass is 16.6. The summed E-state index contributed by atoms with van der Waals surface area (Å²) in [6.07, 6.45) is -1.68. The topological polar surface area (TPSA) is 157 Å². The average molecular weight is 673 g/mol. The molecular formula is C36H44N6O7. The lowest BCUT2D eigenvalue weighted by molar-refractivity contribution is -0.146. The Bertz CT molecular complexity index is 1910. The highest BCUT2D eigenvalue weighted by Gasteiger charge is 2.27. The number of esters is 1. The molecule has 0 aliphatic heterocycles. The van der Waals surface area contributed by atoms with Gasteiger partial charge in [-0.2, -0.15) is 10.1 Å². The van der Waals surface area contributed by atoms with Crippen molar-refractivity contribution in [1.29, 1.82) is 0 Å². The Morgan fingerprint density at radius 3 is 2.22 bits per heavy atom. The van der Waals surface area contributed by atoms with Gasteiger partial charge in [-0.05, 0) is 86.1 Å². The largest absolute Gasteiger partial charge is 0.455 e. The van der Waals surface area contributed by atoms with Gasteiger partial charge in [0.25, 0.3) is 5.91 Å². The van der Waals surface area contributed by atoms with Crippen LogP contribution in [0.25, 0.3) is 16.6 Å². The second-order valence-electron chi connectivity index (χ2n) is 13.6. The number of carbonyl (C=O) groups is 4. The molecule has 0 unspecified atom stereocenters. The summed E-state index contributed by atoms with van der Waals surface area (Å²) in [5, 5.41) is 8.06. The number of amides is 3. The number of rotatable bonds is 7. The quantitative estimate of drug-likeness (QED) is 0.0968. The first-order chi connectivity index (χ1) is 22.8. The molecule has 2 aromatic heterocycles. The molecule has 0 bridgehead atoms. The van der Waals surface area contributed by atoms with Gasteiger partial charge in [0.2, 0.25) is 0 Å². The van der Waals surface area contributed by atoms with Crippen molar-refractivity contribution < 1.29 is 33.4 Å². The number of aliphatic imine (C=N–C) groups is 1. The molecule has 260 valence electrons. The molecule has 0 aliphatic carbocycles. The number of ether oxygens (including phenoxy) is 3. The minimum absolute atomic E-state index is 0.0180. The molecule has 13 heteroatoms. The molecule has 4 aromatic rings. The fraction of sp³-hybridized carbons (Fsp3) is 0.389. The first-order valence-corrected chi connectivity index (χ1v) is 15.8. The third-order valence-electron chi connectivity index (χ3n) is 7.20. The van der Waals surface area contributed by atoms with Crippen LogP contribution in [0.4, 0.5) is 15.3 Å². The molecule has 2 aromatic carbocycles. The number of aromatic nitrogens is 3. The van der Waals surface area contributed by atoms with Crippen LogP contribution in [-0.4, -0.2) is 74.4 Å². The van der Waals surface area contributed by atoms with Crippen LogP contribution >= 0.6 is 0 Å². The fourth-order valence-corrected chi connectivity index (χ4v) is 5.04. The van der Waals surface area contributed by atoms with E-state index in [9.17, 15) is 19.2 Å². The highest BCUT2D eigenvalue weighted by molar-refractivity contribution is 6.11. The van der Waals surface area contributed by atoms with Crippen molar-refractivity contribution in [3.63, 3.8) is 0 Å². The molecule has 2 heterocycles. The van der Waals surface area contributed by atoms with Gasteiger partial charge in [0.05, 0.1) is 29.2 Å². The number of aromatic amines is 1. The molecule has 13 nitrogen and oxygen atoms in total. The third-order valence-corrected chi connectivity index (χ3v) is 7.20. The predicted molar refractivity (Wildman–Crippen MR) is 186 cm³/mol. The standard InChI is InChI=1S/C36H44N6O7/c1-21-27(19-30(44)47-20-29(43)38-31-22(2)40-42(23(31)3)25-14-12-11-13-15-25)26-17-16-24(18-28(26)37-21)32(39-33(45)48-35(4,5)6)41(10)34(46)49-36(7,8)9/h11-18,37H,19-20H2,1-10H3,(H,38,43). The van der Waals surface area contributed by atoms with E-state index in [-0.39, 0.29) is 12.3 Å². The molecule has 0 saturated heterocycles. The number of aryl methyl sites for hydroxylation is 2. The van der Waals surface area contributed by atoms with E-state index in [0.29, 0.717) is 33.7 Å². The Hall–Kier alpha value is -5.46. The van der Waals surface area contributed by atoms with Crippen molar-refractivity contribution >= 4 is 46.5 Å². The number of amidine groups is 1. The highest BCUT2D eigenvalue weighted by Crippen LogP contribution is 2.26. The van der Waals surface area contributed by atoms with Crippen LogP contribution in [0.5, 0.6) is 0 Å². The van der Waals surface area contributed by atoms with Crippen molar-refractivity contribution in [3.8, 4) is 5.69 Å². The van der Waals surface area contributed by atoms with E-state index >= 15 is 0 Å². The summed E-state index contributed by atoms with van der Waals surface area (Å²) in [6.45, 7) is 15.3. The van der Waals surface area contributed by atoms with Crippen molar-refractivity contribution in [3.05, 3.63) is 76.7 Å². The lowest BCUT2D eigenvalue weighted by Gasteiger charge is -2.26. The van der Waals surface area contributed by atoms with Crippen molar-refractivity contribution in [1.82, 2.24) is 19.7 Å². The van der Waals surface area contributed by atoms with Gasteiger partial charge in [0, 0.05) is 29.2 Å². The maximum Gasteiger partial charge on any atom is 0.436 e. The second-order valence-corrected chi connectivity index (χ2v) is 13.6. The van der Waals surface area contributed by atoms with Gasteiger partial charge in [0.1, 0.15) is 11.2 Å². The van der Waals surface area contributed by atoms with E-state index in [1.807, 2.05) is 44.2 Å². The maximum atomic E-state index is 13.0. The van der Waals surface area contributed by atoms with E-state index in [1.165, 1.54) is 7.05 Å². The molecule has 0 atom stereocenters. The predicted octanol–water partition coefficient (Wildman–Crippen LogP) is 6.55. The Morgan fingerprint density at radius 2 is 1.59 bits per heavy atom. The SMILES string of the molecule is Cc1nn(-c2ccccc2)c(C)c1NC(=O)COC(=O)Cc1c(C)[nH]c2cc(C(=NC(=O)OC(C)(C)C)N(C)C(=O)OC(C)(C)C)ccc12. The molecule has 0 saturated carbocycles. The number of hydrogen-bond donors (Lipinski definition) is 2. The molecule has 49 heavy (non-hydrogen) atoms. The van der Waals surface area contributed by atoms with Crippen molar-refractivity contribution in [2.75, 3.05) is 19.0 Å². The Balaban J connectivity index is 1.49. The zero-order chi connectivity index (χ0) is 36.3. The zero-order valence-corrected chi connectivity index (χ0v) is 29.7. The molecule has 0 radical (unpaired) electrons. The number of H-pyrrole nitrogens is 1. The first-order valence-electron chi connectivity index (χ1n) is 15.8. The Morgan fingerprint density at radius 1 is 0.939 bits per heavy atom. The number of benzene rings is 2. The number of carbonyl (C=O) groups excluding carboxylic acids is 4. The summed E-state index contributed by atoms with van der Waals surface area (Å²) in [7, 11) is 1.46. The Labute approximate surface area is 285 Å². The molecule has 0 aliphatic rings. The summed E-state index contributed by atoms with van der Waals surface area (Å²) in [5.74, 6) is -1.06. The number of nitrogens with one attached hydrogen (secondary N) is 2. The number of hydrogen-bond acceptors (Lipinski definition) is 8. The average Bonchev–Trinajstić information content (AvgIpc) is 3.46. The second kappa shape index (κ2) is 14.3. The number of fused-ring (bicyclic) bond motifs is 1. The van der Waals surface area contributed by atoms with Crippen LogP contribution in [0.1, 0.15) is 69.8 Å². The van der Waals surface area contributed by atoms with Crippen molar-refractivity contribution in [2.45, 2.75) is 79.9 Å². The van der Waals surface area contributed by atoms with Crippen LogP contribution in [0.3, 0.4) is 0 Å². The van der Waals surface area contributed by atoms with Crippen LogP contribution in [0.15, 0.2) is 53.5 Å². The van der Waals surface area contributed by atoms with Gasteiger partial charge in [-0.1, -0.05) is 30.3 Å². The normalized spacial score (nSPS) is 12.1. The van der Waals surface area contributed by atoms with Crippen molar-refractivity contribution in [2.24, 2.45) is 4.99 Å². The molecule has 0 spiro atoms. The van der Waals surface area contributed by atoms with E-state index < -0.39 is 41.9 Å². The van der Waals surface area contributed by atoms with Gasteiger partial charge in [0.15, 0.2) is 12.4 Å². The summed E-state index contributed by atoms with van der Waals surface area (Å²) in [5.41, 5.74) is 3.65. The van der Waals surface area contributed by atoms with Gasteiger partial charge in [-0.3, -0.25) is 14.5 Å².